The molecule has 0 aromatic heterocycles. The summed E-state index contributed by atoms with van der Waals surface area (Å²) in [6.45, 7) is 0.399. The van der Waals surface area contributed by atoms with Crippen LogP contribution in [0.15, 0.2) is 35.3 Å². The third-order valence-corrected chi connectivity index (χ3v) is 5.13. The van der Waals surface area contributed by atoms with Crippen molar-refractivity contribution in [2.24, 2.45) is 16.6 Å². The molecule has 0 atom stereocenters. The van der Waals surface area contributed by atoms with Crippen LogP contribution >= 0.6 is 0 Å². The number of rotatable bonds is 10. The molecule has 1 aromatic carbocycles. The molecule has 0 heterocycles. The quantitative estimate of drug-likeness (QED) is 0.605. The van der Waals surface area contributed by atoms with E-state index < -0.39 is 11.8 Å². The Bertz CT molecular complexity index is 680. The first-order chi connectivity index (χ1) is 13.5. The van der Waals surface area contributed by atoms with Crippen molar-refractivity contribution in [3.63, 3.8) is 0 Å². The number of hydrogen-bond donors (Lipinski definition) is 2. The molecule has 0 bridgehead atoms. The van der Waals surface area contributed by atoms with Gasteiger partial charge < -0.3 is 11.1 Å². The molecule has 0 aliphatic heterocycles. The molecule has 1 fully saturated rings. The van der Waals surface area contributed by atoms with Crippen LogP contribution in [-0.2, 0) is 20.8 Å². The van der Waals surface area contributed by atoms with Crippen molar-refractivity contribution in [3.05, 3.63) is 35.9 Å². The summed E-state index contributed by atoms with van der Waals surface area (Å²) in [5.74, 6) is -0.829. The van der Waals surface area contributed by atoms with Crippen LogP contribution in [0.5, 0.6) is 0 Å². The van der Waals surface area contributed by atoms with Crippen LogP contribution < -0.4 is 11.1 Å². The Morgan fingerprint density at radius 2 is 1.79 bits per heavy atom. The van der Waals surface area contributed by atoms with Crippen molar-refractivity contribution in [2.45, 2.75) is 64.2 Å². The summed E-state index contributed by atoms with van der Waals surface area (Å²) in [5.41, 5.74) is 6.21. The number of aliphatic imine (C=N–C) groups is 1. The van der Waals surface area contributed by atoms with Crippen LogP contribution in [0, 0.1) is 5.92 Å². The van der Waals surface area contributed by atoms with Crippen molar-refractivity contribution in [3.8, 4) is 0 Å². The second-order valence-electron chi connectivity index (χ2n) is 7.48. The highest BCUT2D eigenvalue weighted by atomic mass is 16.2. The minimum absolute atomic E-state index is 0.0942. The second-order valence-corrected chi connectivity index (χ2v) is 7.48. The van der Waals surface area contributed by atoms with Crippen LogP contribution in [0.3, 0.4) is 0 Å². The van der Waals surface area contributed by atoms with Crippen molar-refractivity contribution in [2.75, 3.05) is 6.54 Å². The number of nitrogens with one attached hydrogen (secondary N) is 1. The number of carbonyl (C=O) groups excluding carboxylic acids is 3. The molecule has 3 N–H and O–H groups in total. The van der Waals surface area contributed by atoms with Crippen LogP contribution in [0.4, 0.5) is 0 Å². The molecule has 1 aromatic rings. The van der Waals surface area contributed by atoms with Gasteiger partial charge in [-0.15, -0.1) is 0 Å². The molecular weight excluding hydrogens is 354 g/mol. The zero-order valence-electron chi connectivity index (χ0n) is 16.5. The van der Waals surface area contributed by atoms with E-state index in [1.165, 1.54) is 32.1 Å². The van der Waals surface area contributed by atoms with Gasteiger partial charge in [0.05, 0.1) is 6.42 Å². The molecule has 6 heteroatoms. The highest BCUT2D eigenvalue weighted by molar-refractivity contribution is 6.43. The summed E-state index contributed by atoms with van der Waals surface area (Å²) < 4.78 is 0. The Morgan fingerprint density at radius 1 is 1.07 bits per heavy atom. The van der Waals surface area contributed by atoms with Crippen LogP contribution in [0.1, 0.15) is 63.4 Å². The second kappa shape index (κ2) is 12.1. The lowest BCUT2D eigenvalue weighted by Crippen LogP contribution is -2.35. The van der Waals surface area contributed by atoms with Gasteiger partial charge in [0.1, 0.15) is 5.71 Å². The lowest BCUT2D eigenvalue weighted by Gasteiger charge is -2.20. The first-order valence-electron chi connectivity index (χ1n) is 10.3. The number of carbonyl (C=O) groups is 3. The fourth-order valence-corrected chi connectivity index (χ4v) is 3.63. The molecule has 0 saturated heterocycles. The van der Waals surface area contributed by atoms with Gasteiger partial charge in [0.2, 0.25) is 11.8 Å². The Balaban J connectivity index is 1.80. The van der Waals surface area contributed by atoms with Gasteiger partial charge >= 0.3 is 0 Å². The molecule has 0 unspecified atom stereocenters. The smallest absolute Gasteiger partial charge is 0.266 e. The van der Waals surface area contributed by atoms with Gasteiger partial charge in [-0.25, -0.2) is 4.99 Å². The molecular formula is C22H31N3O3. The first-order valence-corrected chi connectivity index (χ1v) is 10.3. The molecule has 1 saturated carbocycles. The average Bonchev–Trinajstić information content (AvgIpc) is 2.68. The molecule has 1 aliphatic rings. The predicted molar refractivity (Wildman–Crippen MR) is 110 cm³/mol. The number of amides is 3. The van der Waals surface area contributed by atoms with Gasteiger partial charge in [0.25, 0.3) is 5.91 Å². The van der Waals surface area contributed by atoms with E-state index >= 15 is 0 Å². The van der Waals surface area contributed by atoms with Crippen LogP contribution in [0.2, 0.25) is 0 Å². The normalized spacial score (nSPS) is 15.2. The lowest BCUT2D eigenvalue weighted by molar-refractivity contribution is -0.120. The summed E-state index contributed by atoms with van der Waals surface area (Å²) in [4.78, 5) is 39.6. The number of benzene rings is 1. The summed E-state index contributed by atoms with van der Waals surface area (Å²) in [7, 11) is 0. The zero-order valence-corrected chi connectivity index (χ0v) is 16.5. The van der Waals surface area contributed by atoms with Gasteiger partial charge in [-0.2, -0.15) is 0 Å². The van der Waals surface area contributed by atoms with E-state index in [0.717, 1.165) is 18.4 Å². The predicted octanol–water partition coefficient (Wildman–Crippen LogP) is 2.94. The molecule has 0 radical (unpaired) electrons. The molecule has 28 heavy (non-hydrogen) atoms. The van der Waals surface area contributed by atoms with Crippen molar-refractivity contribution in [1.82, 2.24) is 5.32 Å². The minimum atomic E-state index is -0.674. The summed E-state index contributed by atoms with van der Waals surface area (Å²) in [6.07, 6.45) is 8.79. The Morgan fingerprint density at radius 3 is 2.46 bits per heavy atom. The fourth-order valence-electron chi connectivity index (χ4n) is 3.63. The zero-order chi connectivity index (χ0) is 20.2. The maximum absolute atomic E-state index is 12.3. The summed E-state index contributed by atoms with van der Waals surface area (Å²) >= 11 is 0. The third-order valence-electron chi connectivity index (χ3n) is 5.13. The molecule has 1 aliphatic carbocycles. The molecule has 6 nitrogen and oxygen atoms in total. The van der Waals surface area contributed by atoms with E-state index in [9.17, 15) is 14.4 Å². The standard InChI is InChI=1S/C22H31N3O3/c23-20(26)16-19(22(28)24-15-14-18-10-5-2-6-11-18)25-21(27)13-7-12-17-8-3-1-4-9-17/h2,5-6,10-11,17H,1,3-4,7-9,12-16H2,(H2,23,26)(H,24,28)/b25-19+. The van der Waals surface area contributed by atoms with Crippen molar-refractivity contribution < 1.29 is 14.4 Å². The molecule has 152 valence electrons. The lowest BCUT2D eigenvalue weighted by atomic mass is 9.86. The largest absolute Gasteiger partial charge is 0.369 e. The minimum Gasteiger partial charge on any atom is -0.369 e. The van der Waals surface area contributed by atoms with E-state index in [-0.39, 0.29) is 18.0 Å². The Kier molecular flexibility index (Phi) is 9.39. The highest BCUT2D eigenvalue weighted by Gasteiger charge is 2.17. The first kappa shape index (κ1) is 21.8. The molecule has 3 amide bonds. The monoisotopic (exact) mass is 385 g/mol. The Hall–Kier alpha value is -2.50. The molecule has 0 spiro atoms. The van der Waals surface area contributed by atoms with E-state index in [1.54, 1.807) is 0 Å². The average molecular weight is 386 g/mol. The number of nitrogens with zero attached hydrogens (tertiary/aromatic N) is 1. The third kappa shape index (κ3) is 8.46. The van der Waals surface area contributed by atoms with Gasteiger partial charge in [-0.1, -0.05) is 62.4 Å². The van der Waals surface area contributed by atoms with Gasteiger partial charge in [-0.3, -0.25) is 14.4 Å². The summed E-state index contributed by atoms with van der Waals surface area (Å²) in [5, 5.41) is 2.72. The maximum Gasteiger partial charge on any atom is 0.266 e. The van der Waals surface area contributed by atoms with E-state index in [0.29, 0.717) is 25.3 Å². The van der Waals surface area contributed by atoms with Crippen LogP contribution in [-0.4, -0.2) is 30.0 Å². The van der Waals surface area contributed by atoms with E-state index in [1.807, 2.05) is 30.3 Å². The summed E-state index contributed by atoms with van der Waals surface area (Å²) in [6, 6.07) is 9.74. The van der Waals surface area contributed by atoms with Crippen LogP contribution in [0.25, 0.3) is 0 Å². The van der Waals surface area contributed by atoms with Gasteiger partial charge in [0.15, 0.2) is 0 Å². The number of primary amides is 1. The van der Waals surface area contributed by atoms with Crippen molar-refractivity contribution in [1.29, 1.82) is 0 Å². The van der Waals surface area contributed by atoms with E-state index in [4.69, 9.17) is 5.73 Å². The molecule has 2 rings (SSSR count). The fraction of sp³-hybridized carbons (Fsp3) is 0.545. The number of hydrogen-bond acceptors (Lipinski definition) is 3. The Labute approximate surface area is 167 Å². The van der Waals surface area contributed by atoms with Crippen molar-refractivity contribution >= 4 is 23.4 Å². The van der Waals surface area contributed by atoms with E-state index in [2.05, 4.69) is 10.3 Å². The topological polar surface area (TPSA) is 102 Å². The highest BCUT2D eigenvalue weighted by Crippen LogP contribution is 2.27. The maximum atomic E-state index is 12.3. The SMILES string of the molecule is NC(=O)C/C(=N\C(=O)CCCC1CCCCC1)C(=O)NCCc1ccccc1. The van der Waals surface area contributed by atoms with Gasteiger partial charge in [0, 0.05) is 13.0 Å². The van der Waals surface area contributed by atoms with Gasteiger partial charge in [-0.05, 0) is 30.7 Å². The number of nitrogens with two attached hydrogens (primary N) is 1.